The van der Waals surface area contributed by atoms with E-state index >= 15 is 0 Å². The Morgan fingerprint density at radius 3 is 2.80 bits per heavy atom. The molecule has 158 valence electrons. The van der Waals surface area contributed by atoms with Crippen LogP contribution in [0.5, 0.6) is 5.75 Å². The van der Waals surface area contributed by atoms with Gasteiger partial charge < -0.3 is 15.0 Å². The Morgan fingerprint density at radius 1 is 1.23 bits per heavy atom. The molecule has 3 heterocycles. The third-order valence-corrected chi connectivity index (χ3v) is 6.83. The minimum atomic E-state index is -0.210. The minimum Gasteiger partial charge on any atom is -0.482 e. The molecule has 0 spiro atoms. The maximum absolute atomic E-state index is 12.8. The summed E-state index contributed by atoms with van der Waals surface area (Å²) in [6.45, 7) is 4.33. The van der Waals surface area contributed by atoms with E-state index in [2.05, 4.69) is 31.9 Å². The fraction of sp³-hybridized carbons (Fsp3) is 0.524. The number of carbonyl (C=O) groups is 2. The highest BCUT2D eigenvalue weighted by molar-refractivity contribution is 7.99. The quantitative estimate of drug-likeness (QED) is 0.559. The van der Waals surface area contributed by atoms with E-state index in [1.807, 2.05) is 0 Å². The van der Waals surface area contributed by atoms with Gasteiger partial charge in [0.05, 0.1) is 11.4 Å². The van der Waals surface area contributed by atoms with Gasteiger partial charge in [0.2, 0.25) is 5.95 Å². The second-order valence-corrected chi connectivity index (χ2v) is 9.26. The highest BCUT2D eigenvalue weighted by atomic mass is 32.2. The lowest BCUT2D eigenvalue weighted by atomic mass is 10.00. The molecule has 0 atom stereocenters. The summed E-state index contributed by atoms with van der Waals surface area (Å²) in [5.41, 5.74) is 1.10. The van der Waals surface area contributed by atoms with Crippen molar-refractivity contribution < 1.29 is 14.3 Å². The molecule has 1 saturated carbocycles. The predicted octanol–water partition coefficient (Wildman–Crippen LogP) is 3.16. The molecule has 5 rings (SSSR count). The summed E-state index contributed by atoms with van der Waals surface area (Å²) >= 11 is 1.44. The zero-order chi connectivity index (χ0) is 20.7. The number of hydrogen-bond acceptors (Lipinski definition) is 7. The van der Waals surface area contributed by atoms with Crippen LogP contribution < -0.4 is 15.0 Å². The number of carbonyl (C=O) groups excluding carboxylic acids is 2. The molecule has 2 aromatic rings. The Morgan fingerprint density at radius 2 is 2.03 bits per heavy atom. The Bertz CT molecular complexity index is 979. The fourth-order valence-electron chi connectivity index (χ4n) is 3.91. The van der Waals surface area contributed by atoms with Crippen LogP contribution >= 0.6 is 11.8 Å². The molecular weight excluding hydrogens is 402 g/mol. The van der Waals surface area contributed by atoms with Gasteiger partial charge in [0.15, 0.2) is 17.5 Å². The molecule has 2 aliphatic heterocycles. The number of benzene rings is 1. The van der Waals surface area contributed by atoms with Crippen LogP contribution in [-0.2, 0) is 4.79 Å². The smallest absolute Gasteiger partial charge is 0.262 e. The number of anilines is 2. The molecule has 0 unspecified atom stereocenters. The van der Waals surface area contributed by atoms with Gasteiger partial charge in [-0.3, -0.25) is 14.2 Å². The number of hydrogen-bond donors (Lipinski definition) is 1. The largest absolute Gasteiger partial charge is 0.482 e. The van der Waals surface area contributed by atoms with Crippen molar-refractivity contribution in [3.63, 3.8) is 0 Å². The molecule has 0 bridgehead atoms. The first-order valence-electron chi connectivity index (χ1n) is 10.5. The number of nitrogens with one attached hydrogen (secondary N) is 1. The van der Waals surface area contributed by atoms with Crippen molar-refractivity contribution >= 4 is 35.1 Å². The summed E-state index contributed by atoms with van der Waals surface area (Å²) in [7, 11) is 0. The first kappa shape index (κ1) is 19.4. The zero-order valence-electron chi connectivity index (χ0n) is 17.0. The standard InChI is InChI=1S/C21H25N5O3S/c1-13-6-8-25(9-7-13)20-23-24-21(26(20)15-3-4-15)30-12-17(27)14-2-5-18-16(10-14)22-19(28)11-29-18/h2,5,10,13,15H,3-4,6-9,11-12H2,1H3,(H,22,28). The molecule has 1 aromatic carbocycles. The molecule has 1 saturated heterocycles. The Balaban J connectivity index is 1.29. The van der Waals surface area contributed by atoms with Crippen LogP contribution in [0.1, 0.15) is 49.0 Å². The number of thioether (sulfide) groups is 1. The summed E-state index contributed by atoms with van der Waals surface area (Å²) in [5, 5.41) is 12.5. The normalized spacial score (nSPS) is 19.2. The Hall–Kier alpha value is -2.55. The van der Waals surface area contributed by atoms with E-state index in [0.29, 0.717) is 23.0 Å². The van der Waals surface area contributed by atoms with Crippen molar-refractivity contribution in [2.45, 2.75) is 43.8 Å². The van der Waals surface area contributed by atoms with Gasteiger partial charge in [-0.1, -0.05) is 18.7 Å². The van der Waals surface area contributed by atoms with Gasteiger partial charge in [-0.2, -0.15) is 0 Å². The molecule has 1 N–H and O–H groups in total. The lowest BCUT2D eigenvalue weighted by Crippen LogP contribution is -2.34. The molecule has 30 heavy (non-hydrogen) atoms. The van der Waals surface area contributed by atoms with Gasteiger partial charge in [0.25, 0.3) is 5.91 Å². The summed E-state index contributed by atoms with van der Waals surface area (Å²) in [4.78, 5) is 26.6. The van der Waals surface area contributed by atoms with Crippen LogP contribution in [0.2, 0.25) is 0 Å². The van der Waals surface area contributed by atoms with Gasteiger partial charge in [-0.05, 0) is 49.8 Å². The maximum Gasteiger partial charge on any atom is 0.262 e. The van der Waals surface area contributed by atoms with Gasteiger partial charge in [-0.15, -0.1) is 10.2 Å². The third-order valence-electron chi connectivity index (χ3n) is 5.89. The maximum atomic E-state index is 12.8. The molecule has 1 amide bonds. The van der Waals surface area contributed by atoms with Crippen molar-refractivity contribution in [3.05, 3.63) is 23.8 Å². The van der Waals surface area contributed by atoms with Crippen LogP contribution in [-0.4, -0.2) is 51.9 Å². The van der Waals surface area contributed by atoms with E-state index in [1.165, 1.54) is 24.6 Å². The van der Waals surface area contributed by atoms with Crippen molar-refractivity contribution in [1.29, 1.82) is 0 Å². The van der Waals surface area contributed by atoms with Crippen molar-refractivity contribution in [2.75, 3.05) is 35.7 Å². The SMILES string of the molecule is CC1CCN(c2nnc(SCC(=O)c3ccc4c(c3)NC(=O)CO4)n2C2CC2)CC1. The number of aromatic nitrogens is 3. The fourth-order valence-corrected chi connectivity index (χ4v) is 4.81. The average Bonchev–Trinajstić information content (AvgIpc) is 3.51. The van der Waals surface area contributed by atoms with Crippen LogP contribution in [0.3, 0.4) is 0 Å². The summed E-state index contributed by atoms with van der Waals surface area (Å²) in [6.07, 6.45) is 4.64. The molecule has 0 radical (unpaired) electrons. The second-order valence-electron chi connectivity index (χ2n) is 8.31. The van der Waals surface area contributed by atoms with E-state index in [9.17, 15) is 9.59 Å². The first-order valence-corrected chi connectivity index (χ1v) is 11.5. The van der Waals surface area contributed by atoms with Crippen molar-refractivity contribution in [1.82, 2.24) is 14.8 Å². The van der Waals surface area contributed by atoms with E-state index in [4.69, 9.17) is 4.74 Å². The van der Waals surface area contributed by atoms with E-state index in [-0.39, 0.29) is 24.1 Å². The number of fused-ring (bicyclic) bond motifs is 1. The van der Waals surface area contributed by atoms with Gasteiger partial charge in [0.1, 0.15) is 5.75 Å². The molecule has 3 aliphatic rings. The predicted molar refractivity (Wildman–Crippen MR) is 115 cm³/mol. The summed E-state index contributed by atoms with van der Waals surface area (Å²) in [5.74, 6) is 2.35. The monoisotopic (exact) mass is 427 g/mol. The van der Waals surface area contributed by atoms with Crippen LogP contribution in [0.4, 0.5) is 11.6 Å². The minimum absolute atomic E-state index is 0.00519. The number of nitrogens with zero attached hydrogens (tertiary/aromatic N) is 4. The molecule has 1 aliphatic carbocycles. The van der Waals surface area contributed by atoms with Crippen molar-refractivity contribution in [2.24, 2.45) is 5.92 Å². The summed E-state index contributed by atoms with van der Waals surface area (Å²) in [6, 6.07) is 5.60. The number of Topliss-reactive ketones (excluding diaryl/α,β-unsaturated/α-hetero) is 1. The number of piperidine rings is 1. The number of rotatable bonds is 6. The molecule has 9 heteroatoms. The van der Waals surface area contributed by atoms with E-state index in [0.717, 1.165) is 43.0 Å². The zero-order valence-corrected chi connectivity index (χ0v) is 17.8. The number of ketones is 1. The molecular formula is C21H25N5O3S. The highest BCUT2D eigenvalue weighted by Gasteiger charge is 2.32. The highest BCUT2D eigenvalue weighted by Crippen LogP contribution is 2.41. The molecule has 1 aromatic heterocycles. The van der Waals surface area contributed by atoms with Crippen LogP contribution in [0.15, 0.2) is 23.4 Å². The topological polar surface area (TPSA) is 89.3 Å². The van der Waals surface area contributed by atoms with Crippen LogP contribution in [0.25, 0.3) is 0 Å². The Labute approximate surface area is 179 Å². The number of ether oxygens (including phenoxy) is 1. The van der Waals surface area contributed by atoms with Gasteiger partial charge >= 0.3 is 0 Å². The molecule has 8 nitrogen and oxygen atoms in total. The Kier molecular flexibility index (Phi) is 5.14. The lowest BCUT2D eigenvalue weighted by molar-refractivity contribution is -0.118. The summed E-state index contributed by atoms with van der Waals surface area (Å²) < 4.78 is 7.59. The lowest BCUT2D eigenvalue weighted by Gasteiger charge is -2.31. The average molecular weight is 428 g/mol. The van der Waals surface area contributed by atoms with E-state index in [1.54, 1.807) is 18.2 Å². The number of amides is 1. The molecule has 2 fully saturated rings. The van der Waals surface area contributed by atoms with Gasteiger partial charge in [-0.25, -0.2) is 0 Å². The third kappa shape index (κ3) is 3.90. The first-order chi connectivity index (χ1) is 14.6. The van der Waals surface area contributed by atoms with Gasteiger partial charge in [0, 0.05) is 24.7 Å². The second kappa shape index (κ2) is 7.94. The van der Waals surface area contributed by atoms with E-state index < -0.39 is 0 Å². The van der Waals surface area contributed by atoms with Crippen molar-refractivity contribution in [3.8, 4) is 5.75 Å². The van der Waals surface area contributed by atoms with Crippen LogP contribution in [0, 0.1) is 5.92 Å².